The number of benzene rings is 2. The Morgan fingerprint density at radius 2 is 1.88 bits per heavy atom. The van der Waals surface area contributed by atoms with Gasteiger partial charge in [0.25, 0.3) is 0 Å². The van der Waals surface area contributed by atoms with E-state index in [0.29, 0.717) is 5.16 Å². The van der Waals surface area contributed by atoms with E-state index < -0.39 is 16.9 Å². The van der Waals surface area contributed by atoms with E-state index in [1.54, 1.807) is 11.6 Å². The number of rotatable bonds is 5. The molecule has 0 amide bonds. The van der Waals surface area contributed by atoms with E-state index in [1.807, 2.05) is 32.0 Å². The molecule has 0 unspecified atom stereocenters. The van der Waals surface area contributed by atoms with Gasteiger partial charge >= 0.3 is 0 Å². The van der Waals surface area contributed by atoms with Gasteiger partial charge in [-0.3, -0.25) is 4.79 Å². The van der Waals surface area contributed by atoms with E-state index in [9.17, 15) is 13.6 Å². The number of Topliss-reactive ketones (excluding diaryl/α,β-unsaturated/α-hetero) is 1. The topological polar surface area (TPSA) is 60.7 Å². The van der Waals surface area contributed by atoms with Crippen molar-refractivity contribution in [3.05, 3.63) is 64.7 Å². The van der Waals surface area contributed by atoms with Crippen LogP contribution in [-0.4, -0.2) is 31.2 Å². The Morgan fingerprint density at radius 1 is 1.12 bits per heavy atom. The molecular formula is C18H16F2N4OS. The third kappa shape index (κ3) is 3.65. The Kier molecular flexibility index (Phi) is 5.13. The van der Waals surface area contributed by atoms with Gasteiger partial charge in [-0.1, -0.05) is 29.5 Å². The molecule has 0 fully saturated rings. The van der Waals surface area contributed by atoms with Crippen molar-refractivity contribution in [1.82, 2.24) is 20.2 Å². The monoisotopic (exact) mass is 374 g/mol. The first-order valence-corrected chi connectivity index (χ1v) is 8.76. The number of carbonyl (C=O) groups is 1. The second-order valence-corrected chi connectivity index (χ2v) is 7.22. The molecule has 5 nitrogen and oxygen atoms in total. The van der Waals surface area contributed by atoms with Crippen LogP contribution in [0.4, 0.5) is 8.78 Å². The molecule has 1 aromatic heterocycles. The maximum Gasteiger partial charge on any atom is 0.214 e. The summed E-state index contributed by atoms with van der Waals surface area (Å²) in [5, 5.41) is 11.5. The molecule has 0 bridgehead atoms. The predicted molar refractivity (Wildman–Crippen MR) is 94.6 cm³/mol. The summed E-state index contributed by atoms with van der Waals surface area (Å²) < 4.78 is 28.0. The standard InChI is InChI=1S/C18H16F2N4OS/c1-10-4-7-16(11(2)8-10)24-18(21-22-23-24)26-12(3)17(25)13-5-6-14(19)15(20)9-13/h4-9,12H,1-3H3/t12-/m0/s1. The van der Waals surface area contributed by atoms with Crippen LogP contribution in [0.2, 0.25) is 0 Å². The fourth-order valence-corrected chi connectivity index (χ4v) is 3.42. The molecule has 26 heavy (non-hydrogen) atoms. The Labute approximate surface area is 153 Å². The second kappa shape index (κ2) is 7.33. The van der Waals surface area contributed by atoms with E-state index in [2.05, 4.69) is 15.5 Å². The number of thioether (sulfide) groups is 1. The minimum Gasteiger partial charge on any atom is -0.293 e. The van der Waals surface area contributed by atoms with Gasteiger partial charge < -0.3 is 0 Å². The average molecular weight is 374 g/mol. The van der Waals surface area contributed by atoms with Gasteiger partial charge in [-0.15, -0.1) is 5.10 Å². The number of aromatic nitrogens is 4. The van der Waals surface area contributed by atoms with Crippen LogP contribution in [0.25, 0.3) is 5.69 Å². The van der Waals surface area contributed by atoms with Crippen LogP contribution in [0, 0.1) is 25.5 Å². The third-order valence-corrected chi connectivity index (χ3v) is 4.91. The molecule has 3 aromatic rings. The van der Waals surface area contributed by atoms with Crippen molar-refractivity contribution in [3.63, 3.8) is 0 Å². The molecule has 8 heteroatoms. The normalized spacial score (nSPS) is 12.2. The molecule has 0 saturated heterocycles. The highest BCUT2D eigenvalue weighted by molar-refractivity contribution is 8.00. The summed E-state index contributed by atoms with van der Waals surface area (Å²) in [7, 11) is 0. The highest BCUT2D eigenvalue weighted by Gasteiger charge is 2.22. The van der Waals surface area contributed by atoms with Crippen LogP contribution >= 0.6 is 11.8 Å². The number of carbonyl (C=O) groups excluding carboxylic acids is 1. The number of ketones is 1. The van der Waals surface area contributed by atoms with Crippen molar-refractivity contribution in [3.8, 4) is 5.69 Å². The first-order valence-electron chi connectivity index (χ1n) is 7.88. The molecule has 0 aliphatic heterocycles. The Hall–Kier alpha value is -2.61. The lowest BCUT2D eigenvalue weighted by Gasteiger charge is -2.12. The van der Waals surface area contributed by atoms with Crippen molar-refractivity contribution in [2.24, 2.45) is 0 Å². The number of hydrogen-bond acceptors (Lipinski definition) is 5. The number of tetrazole rings is 1. The van der Waals surface area contributed by atoms with Crippen LogP contribution in [0.15, 0.2) is 41.6 Å². The first-order chi connectivity index (χ1) is 12.4. The Bertz CT molecular complexity index is 974. The maximum atomic E-state index is 13.4. The molecular weight excluding hydrogens is 358 g/mol. The fourth-order valence-electron chi connectivity index (χ4n) is 2.54. The maximum absolute atomic E-state index is 13.4. The van der Waals surface area contributed by atoms with Crippen molar-refractivity contribution >= 4 is 17.5 Å². The summed E-state index contributed by atoms with van der Waals surface area (Å²) in [5.74, 6) is -2.36. The molecule has 3 rings (SSSR count). The van der Waals surface area contributed by atoms with Gasteiger partial charge in [0, 0.05) is 5.56 Å². The zero-order valence-electron chi connectivity index (χ0n) is 14.4. The van der Waals surface area contributed by atoms with Crippen LogP contribution in [0.1, 0.15) is 28.4 Å². The molecule has 0 aliphatic carbocycles. The largest absolute Gasteiger partial charge is 0.293 e. The quantitative estimate of drug-likeness (QED) is 0.500. The molecule has 0 N–H and O–H groups in total. The molecule has 0 aliphatic rings. The summed E-state index contributed by atoms with van der Waals surface area (Å²) in [4.78, 5) is 12.5. The van der Waals surface area contributed by atoms with Crippen molar-refractivity contribution in [1.29, 1.82) is 0 Å². The minimum absolute atomic E-state index is 0.106. The zero-order valence-corrected chi connectivity index (χ0v) is 15.2. The first kappa shape index (κ1) is 18.2. The fraction of sp³-hybridized carbons (Fsp3) is 0.222. The molecule has 0 spiro atoms. The predicted octanol–water partition coefficient (Wildman–Crippen LogP) is 3.92. The molecule has 2 aromatic carbocycles. The number of hydrogen-bond donors (Lipinski definition) is 0. The van der Waals surface area contributed by atoms with E-state index in [-0.39, 0.29) is 11.3 Å². The van der Waals surface area contributed by atoms with Gasteiger partial charge in [0.15, 0.2) is 17.4 Å². The third-order valence-electron chi connectivity index (χ3n) is 3.88. The van der Waals surface area contributed by atoms with Gasteiger partial charge in [-0.05, 0) is 61.0 Å². The summed E-state index contributed by atoms with van der Waals surface area (Å²) >= 11 is 1.16. The smallest absolute Gasteiger partial charge is 0.214 e. The summed E-state index contributed by atoms with van der Waals surface area (Å²) in [6.07, 6.45) is 0. The van der Waals surface area contributed by atoms with Crippen molar-refractivity contribution in [2.75, 3.05) is 0 Å². The lowest BCUT2D eigenvalue weighted by molar-refractivity contribution is 0.0993. The van der Waals surface area contributed by atoms with Crippen LogP contribution in [-0.2, 0) is 0 Å². The molecule has 134 valence electrons. The van der Waals surface area contributed by atoms with Gasteiger partial charge in [0.2, 0.25) is 5.16 Å². The van der Waals surface area contributed by atoms with E-state index in [4.69, 9.17) is 0 Å². The van der Waals surface area contributed by atoms with E-state index in [1.165, 1.54) is 6.07 Å². The molecule has 1 heterocycles. The van der Waals surface area contributed by atoms with Gasteiger partial charge in [-0.25, -0.2) is 8.78 Å². The van der Waals surface area contributed by atoms with Crippen molar-refractivity contribution in [2.45, 2.75) is 31.2 Å². The Morgan fingerprint density at radius 3 is 2.58 bits per heavy atom. The number of aryl methyl sites for hydroxylation is 2. The molecule has 0 radical (unpaired) electrons. The SMILES string of the molecule is Cc1ccc(-n2nnnc2S[C@@H](C)C(=O)c2ccc(F)c(F)c2)c(C)c1. The van der Waals surface area contributed by atoms with Crippen molar-refractivity contribution < 1.29 is 13.6 Å². The summed E-state index contributed by atoms with van der Waals surface area (Å²) in [5.41, 5.74) is 3.04. The van der Waals surface area contributed by atoms with Crippen LogP contribution in [0.5, 0.6) is 0 Å². The van der Waals surface area contributed by atoms with E-state index in [0.717, 1.165) is 40.7 Å². The lowest BCUT2D eigenvalue weighted by Crippen LogP contribution is -2.15. The average Bonchev–Trinajstić information content (AvgIpc) is 3.04. The second-order valence-electron chi connectivity index (χ2n) is 5.92. The van der Waals surface area contributed by atoms with Gasteiger partial charge in [-0.2, -0.15) is 4.68 Å². The van der Waals surface area contributed by atoms with Gasteiger partial charge in [0.05, 0.1) is 10.9 Å². The number of halogens is 2. The van der Waals surface area contributed by atoms with E-state index >= 15 is 0 Å². The molecule has 0 saturated carbocycles. The minimum atomic E-state index is -1.05. The van der Waals surface area contributed by atoms with Crippen LogP contribution < -0.4 is 0 Å². The lowest BCUT2D eigenvalue weighted by atomic mass is 10.1. The highest BCUT2D eigenvalue weighted by Crippen LogP contribution is 2.27. The summed E-state index contributed by atoms with van der Waals surface area (Å²) in [6.45, 7) is 5.62. The van der Waals surface area contributed by atoms with Gasteiger partial charge in [0.1, 0.15) is 0 Å². The molecule has 1 atom stereocenters. The Balaban J connectivity index is 1.84. The highest BCUT2D eigenvalue weighted by atomic mass is 32.2. The zero-order chi connectivity index (χ0) is 18.8. The summed E-state index contributed by atoms with van der Waals surface area (Å²) in [6, 6.07) is 9.00. The number of nitrogens with zero attached hydrogens (tertiary/aromatic N) is 4. The van der Waals surface area contributed by atoms with Crippen LogP contribution in [0.3, 0.4) is 0 Å².